The Morgan fingerprint density at radius 3 is 1.95 bits per heavy atom. The van der Waals surface area contributed by atoms with E-state index in [0.29, 0.717) is 0 Å². The first-order chi connectivity index (χ1) is 10.3. The van der Waals surface area contributed by atoms with Crippen LogP contribution in [0.4, 0.5) is 0 Å². The van der Waals surface area contributed by atoms with Crippen LogP contribution in [0.15, 0.2) is 24.3 Å². The van der Waals surface area contributed by atoms with E-state index in [1.54, 1.807) is 0 Å². The quantitative estimate of drug-likeness (QED) is 0.310. The lowest BCUT2D eigenvalue weighted by Crippen LogP contribution is -2.11. The summed E-state index contributed by atoms with van der Waals surface area (Å²) in [6, 6.07) is 8.71. The van der Waals surface area contributed by atoms with Gasteiger partial charge in [-0.1, -0.05) is 89.3 Å². The maximum absolute atomic E-state index is 6.30. The summed E-state index contributed by atoms with van der Waals surface area (Å²) in [5, 5.41) is 0. The fourth-order valence-electron chi connectivity index (χ4n) is 2.78. The van der Waals surface area contributed by atoms with Gasteiger partial charge in [0.25, 0.3) is 0 Å². The van der Waals surface area contributed by atoms with Crippen molar-refractivity contribution >= 4 is 22.6 Å². The molecule has 1 rings (SSSR count). The average Bonchev–Trinajstić information content (AvgIpc) is 2.49. The van der Waals surface area contributed by atoms with E-state index >= 15 is 0 Å². The Kier molecular flexibility index (Phi) is 11.2. The van der Waals surface area contributed by atoms with Gasteiger partial charge in [-0.2, -0.15) is 0 Å². The van der Waals surface area contributed by atoms with E-state index in [2.05, 4.69) is 53.8 Å². The lowest BCUT2D eigenvalue weighted by molar-refractivity contribution is 0.528. The molecule has 120 valence electrons. The molecule has 0 spiro atoms. The molecule has 1 nitrogen and oxygen atoms in total. The van der Waals surface area contributed by atoms with Gasteiger partial charge in [-0.25, -0.2) is 0 Å². The van der Waals surface area contributed by atoms with Gasteiger partial charge < -0.3 is 5.73 Å². The molecule has 0 radical (unpaired) electrons. The van der Waals surface area contributed by atoms with Crippen molar-refractivity contribution in [2.45, 2.75) is 83.6 Å². The average molecular weight is 401 g/mol. The summed E-state index contributed by atoms with van der Waals surface area (Å²) < 4.78 is 1.30. The lowest BCUT2D eigenvalue weighted by atomic mass is 10.00. The van der Waals surface area contributed by atoms with E-state index in [0.717, 1.165) is 6.42 Å². The van der Waals surface area contributed by atoms with Crippen molar-refractivity contribution in [3.05, 3.63) is 33.4 Å². The van der Waals surface area contributed by atoms with E-state index in [1.165, 1.54) is 73.3 Å². The van der Waals surface area contributed by atoms with Crippen LogP contribution >= 0.6 is 22.6 Å². The van der Waals surface area contributed by atoms with Gasteiger partial charge in [0.2, 0.25) is 0 Å². The zero-order valence-electron chi connectivity index (χ0n) is 13.6. The molecule has 1 aromatic carbocycles. The summed E-state index contributed by atoms with van der Waals surface area (Å²) in [5.74, 6) is 0. The van der Waals surface area contributed by atoms with Gasteiger partial charge >= 0.3 is 0 Å². The van der Waals surface area contributed by atoms with Crippen LogP contribution in [-0.2, 0) is 0 Å². The molecule has 0 aliphatic carbocycles. The second kappa shape index (κ2) is 12.5. The summed E-state index contributed by atoms with van der Waals surface area (Å²) >= 11 is 2.39. The molecule has 21 heavy (non-hydrogen) atoms. The number of unbranched alkanes of at least 4 members (excludes halogenated alkanes) is 9. The van der Waals surface area contributed by atoms with Gasteiger partial charge in [-0.15, -0.1) is 0 Å². The van der Waals surface area contributed by atoms with Gasteiger partial charge in [0.1, 0.15) is 0 Å². The van der Waals surface area contributed by atoms with E-state index in [9.17, 15) is 0 Å². The highest BCUT2D eigenvalue weighted by atomic mass is 127. The molecule has 0 aromatic heterocycles. The lowest BCUT2D eigenvalue weighted by Gasteiger charge is -2.13. The first kappa shape index (κ1) is 19.0. The Hall–Kier alpha value is -0.0900. The first-order valence-electron chi connectivity index (χ1n) is 8.75. The SMILES string of the molecule is CCCCCCCCCCCCC(N)c1ccccc1I. The van der Waals surface area contributed by atoms with Crippen LogP contribution in [-0.4, -0.2) is 0 Å². The minimum absolute atomic E-state index is 0.215. The molecule has 1 aromatic rings. The molecule has 0 fully saturated rings. The molecule has 0 aliphatic heterocycles. The van der Waals surface area contributed by atoms with Crippen molar-refractivity contribution in [2.75, 3.05) is 0 Å². The molecule has 0 amide bonds. The highest BCUT2D eigenvalue weighted by Gasteiger charge is 2.08. The van der Waals surface area contributed by atoms with Crippen molar-refractivity contribution < 1.29 is 0 Å². The summed E-state index contributed by atoms with van der Waals surface area (Å²) in [4.78, 5) is 0. The molecule has 0 saturated carbocycles. The van der Waals surface area contributed by atoms with Crippen LogP contribution < -0.4 is 5.73 Å². The third-order valence-corrected chi connectivity index (χ3v) is 5.16. The summed E-state index contributed by atoms with van der Waals surface area (Å²) in [6.07, 6.45) is 15.0. The molecule has 0 heterocycles. The van der Waals surface area contributed by atoms with E-state index in [-0.39, 0.29) is 6.04 Å². The number of nitrogens with two attached hydrogens (primary N) is 1. The second-order valence-electron chi connectivity index (χ2n) is 6.10. The predicted molar refractivity (Wildman–Crippen MR) is 103 cm³/mol. The van der Waals surface area contributed by atoms with E-state index < -0.39 is 0 Å². The Morgan fingerprint density at radius 1 is 0.857 bits per heavy atom. The zero-order valence-corrected chi connectivity index (χ0v) is 15.8. The predicted octanol–water partition coefficient (Wildman–Crippen LogP) is 6.60. The smallest absolute Gasteiger partial charge is 0.0305 e. The van der Waals surface area contributed by atoms with Crippen LogP contribution in [0.25, 0.3) is 0 Å². The van der Waals surface area contributed by atoms with Gasteiger partial charge in [-0.3, -0.25) is 0 Å². The molecule has 2 heteroatoms. The molecule has 0 saturated heterocycles. The number of benzene rings is 1. The van der Waals surface area contributed by atoms with Crippen LogP contribution in [0.3, 0.4) is 0 Å². The first-order valence-corrected chi connectivity index (χ1v) is 9.83. The highest BCUT2D eigenvalue weighted by Crippen LogP contribution is 2.22. The normalized spacial score (nSPS) is 12.5. The van der Waals surface area contributed by atoms with Crippen LogP contribution in [0.1, 0.15) is 89.2 Å². The number of hydrogen-bond donors (Lipinski definition) is 1. The molecular weight excluding hydrogens is 369 g/mol. The minimum Gasteiger partial charge on any atom is -0.324 e. The van der Waals surface area contributed by atoms with Gasteiger partial charge in [-0.05, 0) is 40.6 Å². The summed E-state index contributed by atoms with van der Waals surface area (Å²) in [6.45, 7) is 2.28. The standard InChI is InChI=1S/C19H32IN/c1-2-3-4-5-6-7-8-9-10-11-16-19(21)17-14-12-13-15-18(17)20/h12-15,19H,2-11,16,21H2,1H3. The maximum atomic E-state index is 6.30. The molecule has 1 unspecified atom stereocenters. The van der Waals surface area contributed by atoms with Crippen molar-refractivity contribution in [1.82, 2.24) is 0 Å². The van der Waals surface area contributed by atoms with Crippen molar-refractivity contribution in [2.24, 2.45) is 5.73 Å². The second-order valence-corrected chi connectivity index (χ2v) is 7.26. The van der Waals surface area contributed by atoms with Crippen LogP contribution in [0.2, 0.25) is 0 Å². The molecular formula is C19H32IN. The molecule has 0 aliphatic rings. The van der Waals surface area contributed by atoms with Gasteiger partial charge in [0, 0.05) is 9.61 Å². The van der Waals surface area contributed by atoms with Crippen molar-refractivity contribution in [3.63, 3.8) is 0 Å². The fraction of sp³-hybridized carbons (Fsp3) is 0.684. The minimum atomic E-state index is 0.215. The highest BCUT2D eigenvalue weighted by molar-refractivity contribution is 14.1. The van der Waals surface area contributed by atoms with Crippen molar-refractivity contribution in [1.29, 1.82) is 0 Å². The van der Waals surface area contributed by atoms with Crippen molar-refractivity contribution in [3.8, 4) is 0 Å². The largest absolute Gasteiger partial charge is 0.324 e. The Labute approximate surface area is 145 Å². The molecule has 0 bridgehead atoms. The molecule has 1 atom stereocenters. The summed E-state index contributed by atoms with van der Waals surface area (Å²) in [5.41, 5.74) is 7.61. The van der Waals surface area contributed by atoms with Gasteiger partial charge in [0.05, 0.1) is 0 Å². The van der Waals surface area contributed by atoms with Crippen LogP contribution in [0.5, 0.6) is 0 Å². The number of hydrogen-bond acceptors (Lipinski definition) is 1. The number of rotatable bonds is 12. The maximum Gasteiger partial charge on any atom is 0.0305 e. The van der Waals surface area contributed by atoms with E-state index in [4.69, 9.17) is 5.73 Å². The zero-order chi connectivity index (χ0) is 15.3. The monoisotopic (exact) mass is 401 g/mol. The molecule has 2 N–H and O–H groups in total. The third-order valence-electron chi connectivity index (χ3n) is 4.17. The topological polar surface area (TPSA) is 26.0 Å². The Balaban J connectivity index is 1.98. The third kappa shape index (κ3) is 8.82. The fourth-order valence-corrected chi connectivity index (χ4v) is 3.57. The number of halogens is 1. The van der Waals surface area contributed by atoms with Gasteiger partial charge in [0.15, 0.2) is 0 Å². The summed E-state index contributed by atoms with van der Waals surface area (Å²) in [7, 11) is 0. The van der Waals surface area contributed by atoms with Crippen LogP contribution in [0, 0.1) is 3.57 Å². The Morgan fingerprint density at radius 2 is 1.38 bits per heavy atom. The Bertz CT molecular complexity index is 364. The van der Waals surface area contributed by atoms with E-state index in [1.807, 2.05) is 0 Å².